The number of rotatable bonds is 6. The molecule has 0 aliphatic carbocycles. The summed E-state index contributed by atoms with van der Waals surface area (Å²) in [6.07, 6.45) is -2.92. The lowest BCUT2D eigenvalue weighted by Crippen LogP contribution is -2.35. The van der Waals surface area contributed by atoms with Gasteiger partial charge >= 0.3 is 6.18 Å². The maximum atomic E-state index is 15.2. The van der Waals surface area contributed by atoms with Crippen LogP contribution < -0.4 is 9.44 Å². The second kappa shape index (κ2) is 8.73. The molecule has 3 rings (SSSR count). The molecule has 0 saturated carbocycles. The molecule has 0 aliphatic heterocycles. The van der Waals surface area contributed by atoms with Crippen LogP contribution in [0.5, 0.6) is 0 Å². The third-order valence-corrected chi connectivity index (χ3v) is 6.44. The van der Waals surface area contributed by atoms with E-state index in [1.165, 1.54) is 37.4 Å². The van der Waals surface area contributed by atoms with Crippen LogP contribution in [-0.4, -0.2) is 20.0 Å². The largest absolute Gasteiger partial charge is 0.417 e. The molecule has 2 N–H and O–H groups in total. The standard InChI is InChI=1S/C23H27F4N3O2S/c1-14(29-33(31,32)28-5)18-12-30(13-22(2,3)4)21-11-16(20(24)10-17(18)21)15-8-6-7-9-19(15)23(25,26)27/h6-12,14,28-29H,13H2,1-5H3/t14-/m1/s1. The van der Waals surface area contributed by atoms with E-state index in [4.69, 9.17) is 0 Å². The molecule has 1 heterocycles. The molecule has 0 amide bonds. The molecular weight excluding hydrogens is 458 g/mol. The summed E-state index contributed by atoms with van der Waals surface area (Å²) in [4.78, 5) is 0. The van der Waals surface area contributed by atoms with Crippen molar-refractivity contribution in [2.45, 2.75) is 46.5 Å². The van der Waals surface area contributed by atoms with Crippen molar-refractivity contribution in [2.75, 3.05) is 7.05 Å². The van der Waals surface area contributed by atoms with Gasteiger partial charge in [-0.3, -0.25) is 0 Å². The van der Waals surface area contributed by atoms with Gasteiger partial charge in [0.1, 0.15) is 5.82 Å². The van der Waals surface area contributed by atoms with E-state index in [9.17, 15) is 21.6 Å². The van der Waals surface area contributed by atoms with Crippen molar-refractivity contribution in [1.82, 2.24) is 14.0 Å². The second-order valence-electron chi connectivity index (χ2n) is 9.21. The summed E-state index contributed by atoms with van der Waals surface area (Å²) in [5.41, 5.74) is -0.508. The van der Waals surface area contributed by atoms with Gasteiger partial charge in [-0.05, 0) is 41.7 Å². The second-order valence-corrected chi connectivity index (χ2v) is 10.9. The maximum absolute atomic E-state index is 15.2. The quantitative estimate of drug-likeness (QED) is 0.445. The minimum atomic E-state index is -4.64. The Balaban J connectivity index is 2.27. The van der Waals surface area contributed by atoms with E-state index in [2.05, 4.69) is 9.44 Å². The van der Waals surface area contributed by atoms with E-state index in [1.54, 1.807) is 13.1 Å². The van der Waals surface area contributed by atoms with Gasteiger partial charge in [0.15, 0.2) is 0 Å². The summed E-state index contributed by atoms with van der Waals surface area (Å²) in [7, 11) is -2.51. The van der Waals surface area contributed by atoms with Crippen LogP contribution in [0.3, 0.4) is 0 Å². The number of halogens is 4. The van der Waals surface area contributed by atoms with Crippen molar-refractivity contribution < 1.29 is 26.0 Å². The minimum absolute atomic E-state index is 0.168. The van der Waals surface area contributed by atoms with E-state index >= 15 is 4.39 Å². The summed E-state index contributed by atoms with van der Waals surface area (Å²) in [6.45, 7) is 8.09. The van der Waals surface area contributed by atoms with Crippen LogP contribution in [0.25, 0.3) is 22.0 Å². The molecule has 0 aliphatic rings. The van der Waals surface area contributed by atoms with Crippen LogP contribution >= 0.6 is 0 Å². The normalized spacial score (nSPS) is 14.1. The number of hydrogen-bond acceptors (Lipinski definition) is 2. The Morgan fingerprint density at radius 2 is 1.70 bits per heavy atom. The molecule has 2 aromatic carbocycles. The molecule has 180 valence electrons. The molecule has 1 atom stereocenters. The third kappa shape index (κ3) is 5.56. The predicted molar refractivity (Wildman–Crippen MR) is 121 cm³/mol. The molecule has 0 unspecified atom stereocenters. The topological polar surface area (TPSA) is 63.1 Å². The number of benzene rings is 2. The highest BCUT2D eigenvalue weighted by Gasteiger charge is 2.34. The van der Waals surface area contributed by atoms with Gasteiger partial charge in [0.25, 0.3) is 10.2 Å². The van der Waals surface area contributed by atoms with Crippen LogP contribution in [0.4, 0.5) is 17.6 Å². The van der Waals surface area contributed by atoms with Gasteiger partial charge in [0.2, 0.25) is 0 Å². The van der Waals surface area contributed by atoms with Crippen LogP contribution in [0.15, 0.2) is 42.6 Å². The number of alkyl halides is 3. The first-order valence-electron chi connectivity index (χ1n) is 10.3. The van der Waals surface area contributed by atoms with E-state index < -0.39 is 33.8 Å². The van der Waals surface area contributed by atoms with Gasteiger partial charge in [0, 0.05) is 42.3 Å². The van der Waals surface area contributed by atoms with Crippen molar-refractivity contribution in [2.24, 2.45) is 5.41 Å². The molecular formula is C23H27F4N3O2S. The average Bonchev–Trinajstić information content (AvgIpc) is 3.02. The third-order valence-electron chi connectivity index (χ3n) is 5.24. The van der Waals surface area contributed by atoms with Crippen molar-refractivity contribution >= 4 is 21.1 Å². The van der Waals surface area contributed by atoms with Crippen LogP contribution in [0.1, 0.15) is 44.9 Å². The molecule has 0 fully saturated rings. The average molecular weight is 486 g/mol. The van der Waals surface area contributed by atoms with Crippen molar-refractivity contribution in [1.29, 1.82) is 0 Å². The summed E-state index contributed by atoms with van der Waals surface area (Å²) < 4.78 is 86.4. The minimum Gasteiger partial charge on any atom is -0.347 e. The highest BCUT2D eigenvalue weighted by Crippen LogP contribution is 2.40. The summed E-state index contributed by atoms with van der Waals surface area (Å²) in [5.74, 6) is -0.822. The van der Waals surface area contributed by atoms with Gasteiger partial charge in [-0.1, -0.05) is 39.0 Å². The summed E-state index contributed by atoms with van der Waals surface area (Å²) >= 11 is 0. The first-order valence-corrected chi connectivity index (χ1v) is 11.8. The molecule has 3 aromatic rings. The van der Waals surface area contributed by atoms with Gasteiger partial charge in [-0.25, -0.2) is 9.11 Å². The number of nitrogens with zero attached hydrogens (tertiary/aromatic N) is 1. The SMILES string of the molecule is CNS(=O)(=O)N[C@H](C)c1cn(CC(C)(C)C)c2cc(-c3ccccc3C(F)(F)F)c(F)cc12. The zero-order valence-electron chi connectivity index (χ0n) is 19.0. The number of nitrogens with one attached hydrogen (secondary N) is 2. The smallest absolute Gasteiger partial charge is 0.347 e. The Bertz CT molecular complexity index is 1280. The van der Waals surface area contributed by atoms with Crippen molar-refractivity contribution in [3.8, 4) is 11.1 Å². The molecule has 10 heteroatoms. The Morgan fingerprint density at radius 1 is 1.06 bits per heavy atom. The molecule has 33 heavy (non-hydrogen) atoms. The highest BCUT2D eigenvalue weighted by atomic mass is 32.2. The lowest BCUT2D eigenvalue weighted by Gasteiger charge is -2.20. The Kier molecular flexibility index (Phi) is 6.67. The van der Waals surface area contributed by atoms with Crippen molar-refractivity contribution in [3.63, 3.8) is 0 Å². The summed E-state index contributed by atoms with van der Waals surface area (Å²) in [5, 5.41) is 0.427. The summed E-state index contributed by atoms with van der Waals surface area (Å²) in [6, 6.07) is 6.74. The molecule has 0 bridgehead atoms. The van der Waals surface area contributed by atoms with Crippen LogP contribution in [-0.2, 0) is 22.9 Å². The van der Waals surface area contributed by atoms with E-state index in [-0.39, 0.29) is 16.5 Å². The number of hydrogen-bond donors (Lipinski definition) is 2. The van der Waals surface area contributed by atoms with Crippen molar-refractivity contribution in [3.05, 3.63) is 59.5 Å². The molecule has 5 nitrogen and oxygen atoms in total. The number of fused-ring (bicyclic) bond motifs is 1. The highest BCUT2D eigenvalue weighted by molar-refractivity contribution is 7.87. The monoisotopic (exact) mass is 485 g/mol. The van der Waals surface area contributed by atoms with Gasteiger partial charge in [0.05, 0.1) is 5.56 Å². The zero-order chi connectivity index (χ0) is 24.8. The fraction of sp³-hybridized carbons (Fsp3) is 0.391. The van der Waals surface area contributed by atoms with Crippen LogP contribution in [0, 0.1) is 11.2 Å². The molecule has 0 saturated heterocycles. The van der Waals surface area contributed by atoms with E-state index in [0.29, 0.717) is 23.0 Å². The van der Waals surface area contributed by atoms with E-state index in [0.717, 1.165) is 6.07 Å². The molecule has 1 aromatic heterocycles. The van der Waals surface area contributed by atoms with Gasteiger partial charge in [-0.15, -0.1) is 0 Å². The Morgan fingerprint density at radius 3 is 2.27 bits per heavy atom. The molecule has 0 radical (unpaired) electrons. The van der Waals surface area contributed by atoms with E-state index in [1.807, 2.05) is 25.3 Å². The molecule has 0 spiro atoms. The lowest BCUT2D eigenvalue weighted by molar-refractivity contribution is -0.137. The fourth-order valence-corrected chi connectivity index (χ4v) is 4.56. The zero-order valence-corrected chi connectivity index (χ0v) is 19.8. The Hall–Kier alpha value is -2.43. The Labute approximate surface area is 191 Å². The lowest BCUT2D eigenvalue weighted by atomic mass is 9.96. The van der Waals surface area contributed by atoms with Gasteiger partial charge in [-0.2, -0.15) is 26.3 Å². The van der Waals surface area contributed by atoms with Gasteiger partial charge < -0.3 is 4.57 Å². The van der Waals surface area contributed by atoms with Crippen LogP contribution in [0.2, 0.25) is 0 Å². The predicted octanol–water partition coefficient (Wildman–Crippen LogP) is 5.63. The first-order chi connectivity index (χ1) is 15.1. The first kappa shape index (κ1) is 25.2. The fourth-order valence-electron chi connectivity index (χ4n) is 3.85. The number of aromatic nitrogens is 1. The maximum Gasteiger partial charge on any atom is 0.417 e.